The smallest absolute Gasteiger partial charge is 0.335 e. The zero-order chi connectivity index (χ0) is 81.4. The summed E-state index contributed by atoms with van der Waals surface area (Å²) in [6.45, 7) is 8.65. The minimum absolute atomic E-state index is 0.0888. The lowest BCUT2D eigenvalue weighted by Crippen LogP contribution is -2.14. The van der Waals surface area contributed by atoms with Gasteiger partial charge < -0.3 is 50.0 Å². The lowest BCUT2D eigenvalue weighted by Gasteiger charge is -2.30. The summed E-state index contributed by atoms with van der Waals surface area (Å²) in [6.07, 6.45) is 21.6. The third-order valence-corrected chi connectivity index (χ3v) is 25.8. The predicted molar refractivity (Wildman–Crippen MR) is 460 cm³/mol. The highest BCUT2D eigenvalue weighted by atomic mass is 16.5. The Bertz CT molecular complexity index is 4970. The van der Waals surface area contributed by atoms with Gasteiger partial charge in [-0.15, -0.1) is 0 Å². The highest BCUT2D eigenvalue weighted by molar-refractivity contribution is 5.88. The van der Waals surface area contributed by atoms with E-state index in [2.05, 4.69) is 113 Å². The first-order chi connectivity index (χ1) is 56.7. The molecule has 0 amide bonds. The molecule has 0 aromatic heterocycles. The molecule has 7 N–H and O–H groups in total. The molecule has 4 aliphatic rings. The molecule has 15 rings (SSSR count). The summed E-state index contributed by atoms with van der Waals surface area (Å²) in [7, 11) is 0. The molecule has 11 aromatic carbocycles. The first-order valence-electron chi connectivity index (χ1n) is 42.4. The third kappa shape index (κ3) is 18.5. The van der Waals surface area contributed by atoms with Gasteiger partial charge in [-0.05, 0) is 304 Å². The van der Waals surface area contributed by atoms with Crippen LogP contribution in [0, 0.1) is 27.7 Å². The van der Waals surface area contributed by atoms with Crippen LogP contribution < -0.4 is 14.2 Å². The van der Waals surface area contributed by atoms with Crippen LogP contribution in [-0.2, 0) is 32.7 Å². The third-order valence-electron chi connectivity index (χ3n) is 25.8. The number of phenols is 4. The average molecular weight is 1570 g/mol. The fourth-order valence-electron chi connectivity index (χ4n) is 19.4. The molecule has 4 aliphatic carbocycles. The molecule has 0 heterocycles. The number of carboxylic acid groups (broad SMARTS) is 3. The Balaban J connectivity index is 0.936. The minimum Gasteiger partial charge on any atom is -0.508 e. The molecule has 0 unspecified atom stereocenters. The van der Waals surface area contributed by atoms with E-state index in [0.717, 1.165) is 256 Å². The van der Waals surface area contributed by atoms with Crippen LogP contribution in [0.1, 0.15) is 312 Å². The normalized spacial score (nSPS) is 15.2. The van der Waals surface area contributed by atoms with Crippen molar-refractivity contribution in [3.05, 3.63) is 334 Å². The van der Waals surface area contributed by atoms with E-state index >= 15 is 0 Å². The minimum atomic E-state index is -1.03. The number of aromatic carboxylic acids is 3. The monoisotopic (exact) mass is 1560 g/mol. The average Bonchev–Trinajstić information content (AvgIpc) is 0.758. The molecule has 13 nitrogen and oxygen atoms in total. The highest BCUT2D eigenvalue weighted by Crippen LogP contribution is 2.52. The lowest BCUT2D eigenvalue weighted by atomic mass is 9.75. The Kier molecular flexibility index (Phi) is 25.0. The summed E-state index contributed by atoms with van der Waals surface area (Å²) in [4.78, 5) is 36.7. The lowest BCUT2D eigenvalue weighted by molar-refractivity contribution is 0.0686. The van der Waals surface area contributed by atoms with Crippen molar-refractivity contribution < 1.29 is 64.3 Å². The van der Waals surface area contributed by atoms with Gasteiger partial charge in [0.25, 0.3) is 0 Å². The second kappa shape index (κ2) is 36.3. The molecule has 0 spiro atoms. The van der Waals surface area contributed by atoms with Gasteiger partial charge >= 0.3 is 17.9 Å². The van der Waals surface area contributed by atoms with Gasteiger partial charge in [0.05, 0.1) is 16.7 Å². The number of carbonyl (C=O) groups is 3. The van der Waals surface area contributed by atoms with Gasteiger partial charge in [-0.1, -0.05) is 192 Å². The molecular weight excluding hydrogens is 1460 g/mol. The Labute approximate surface area is 687 Å². The number of aryl methyl sites for hydroxylation is 4. The van der Waals surface area contributed by atoms with Crippen molar-refractivity contribution in [2.75, 3.05) is 0 Å². The molecule has 0 saturated heterocycles. The Morgan fingerprint density at radius 2 is 0.590 bits per heavy atom. The fourth-order valence-corrected chi connectivity index (χ4v) is 19.4. The molecule has 0 aliphatic heterocycles. The first-order valence-corrected chi connectivity index (χ1v) is 42.4. The van der Waals surface area contributed by atoms with Gasteiger partial charge in [0, 0.05) is 35.8 Å². The molecule has 0 radical (unpaired) electrons. The van der Waals surface area contributed by atoms with E-state index in [9.17, 15) is 50.1 Å². The number of rotatable bonds is 27. The number of hydrogen-bond acceptors (Lipinski definition) is 10. The van der Waals surface area contributed by atoms with E-state index in [0.29, 0.717) is 30.1 Å². The van der Waals surface area contributed by atoms with E-state index in [1.165, 1.54) is 0 Å². The van der Waals surface area contributed by atoms with Crippen LogP contribution in [0.2, 0.25) is 0 Å². The van der Waals surface area contributed by atoms with Crippen LogP contribution in [0.4, 0.5) is 0 Å². The van der Waals surface area contributed by atoms with E-state index in [4.69, 9.17) is 14.2 Å². The molecular formula is C104H108O13. The van der Waals surface area contributed by atoms with Crippen LogP contribution in [0.3, 0.4) is 0 Å². The number of aromatic hydroxyl groups is 4. The molecule has 4 fully saturated rings. The summed E-state index contributed by atoms with van der Waals surface area (Å²) in [5.74, 6) is -0.397. The van der Waals surface area contributed by atoms with Gasteiger partial charge in [0.2, 0.25) is 0 Å². The van der Waals surface area contributed by atoms with Crippen LogP contribution in [0.5, 0.6) is 40.2 Å². The van der Waals surface area contributed by atoms with Gasteiger partial charge in [-0.2, -0.15) is 0 Å². The van der Waals surface area contributed by atoms with Crippen LogP contribution >= 0.6 is 0 Å². The van der Waals surface area contributed by atoms with Gasteiger partial charge in [0.15, 0.2) is 0 Å². The van der Waals surface area contributed by atoms with Crippen molar-refractivity contribution in [1.82, 2.24) is 0 Å². The maximum atomic E-state index is 12.4. The quantitative estimate of drug-likeness (QED) is 0.0239. The van der Waals surface area contributed by atoms with E-state index in [1.54, 1.807) is 72.8 Å². The number of ether oxygens (including phenoxy) is 3. The van der Waals surface area contributed by atoms with Crippen molar-refractivity contribution in [3.8, 4) is 51.4 Å². The second-order valence-corrected chi connectivity index (χ2v) is 33.7. The molecule has 0 bridgehead atoms. The van der Waals surface area contributed by atoms with Crippen molar-refractivity contribution in [1.29, 1.82) is 0 Å². The molecule has 602 valence electrons. The summed E-state index contributed by atoms with van der Waals surface area (Å²) in [6, 6.07) is 64.7. The second-order valence-electron chi connectivity index (χ2n) is 33.7. The van der Waals surface area contributed by atoms with Crippen molar-refractivity contribution in [3.63, 3.8) is 0 Å². The zero-order valence-corrected chi connectivity index (χ0v) is 67.8. The summed E-state index contributed by atoms with van der Waals surface area (Å²) in [5.41, 5.74) is 21.5. The largest absolute Gasteiger partial charge is 0.508 e. The number of benzene rings is 11. The zero-order valence-electron chi connectivity index (χ0n) is 67.8. The Morgan fingerprint density at radius 3 is 0.880 bits per heavy atom. The van der Waals surface area contributed by atoms with Gasteiger partial charge in [0.1, 0.15) is 60.1 Å². The van der Waals surface area contributed by atoms with Crippen LogP contribution in [-0.4, -0.2) is 53.7 Å². The standard InChI is InChI=1S/C104H108O13/c1-63-46-93(105)87(73-22-12-6-13-23-73)56-83(63)99(84-57-88(94(106)47-64(84)2)74-24-14-7-15-25-74)91-52-70(36-44-97(91)115-60-67-30-38-77(39-31-67)102(109)110)50-81-54-80(72-20-10-5-11-21-72)55-82(101(81)117-62-69-34-42-79(43-35-69)104(113)114)51-71-37-45-98(116-61-68-32-40-78(41-33-68)103(111)112)92(53-71)100(85-58-89(95(107)48-65(85)3)75-26-16-8-17-27-75)86-59-90(96(108)49-66(86)4)76-28-18-9-19-29-76/h5,10-11,20-21,30-49,52-59,73-76,99-100,105-108H,6-9,12-19,22-29,50-51,60-62H2,1-4H3,(H,109,110)(H,111,112)(H,113,114). The number of carboxylic acids is 3. The van der Waals surface area contributed by atoms with E-state index in [-0.39, 0.29) is 83.2 Å². The summed E-state index contributed by atoms with van der Waals surface area (Å²) < 4.78 is 21.7. The summed E-state index contributed by atoms with van der Waals surface area (Å²) in [5, 5.41) is 78.5. The van der Waals surface area contributed by atoms with Gasteiger partial charge in [-0.25, -0.2) is 14.4 Å². The number of phenolic OH excluding ortho intramolecular Hbond substituents is 4. The summed E-state index contributed by atoms with van der Waals surface area (Å²) >= 11 is 0. The van der Waals surface area contributed by atoms with Crippen molar-refractivity contribution in [2.45, 2.75) is 224 Å². The molecule has 0 atom stereocenters. The Morgan fingerprint density at radius 1 is 0.308 bits per heavy atom. The predicted octanol–water partition coefficient (Wildman–Crippen LogP) is 25.0. The molecule has 117 heavy (non-hydrogen) atoms. The first kappa shape index (κ1) is 80.6. The number of hydrogen-bond donors (Lipinski definition) is 7. The topological polar surface area (TPSA) is 221 Å². The van der Waals surface area contributed by atoms with E-state index < -0.39 is 29.7 Å². The van der Waals surface area contributed by atoms with Crippen LogP contribution in [0.25, 0.3) is 11.1 Å². The maximum Gasteiger partial charge on any atom is 0.335 e. The molecule has 11 aromatic rings. The van der Waals surface area contributed by atoms with Crippen molar-refractivity contribution in [2.24, 2.45) is 0 Å². The van der Waals surface area contributed by atoms with E-state index in [1.807, 2.05) is 42.5 Å². The fraction of sp³-hybridized carbons (Fsp3) is 0.337. The SMILES string of the molecule is Cc1cc(O)c(C2CCCCC2)cc1C(c1cc(C2CCCCC2)c(O)cc1C)c1cc(Cc2cc(-c3ccccc3)cc(Cc3ccc(OCc4ccc(C(=O)O)cc4)c(C(c4cc(C5CCCCC5)c(O)cc4C)c4cc(C5CCCCC5)c(O)cc4C)c3)c2OCc2ccc(C(=O)O)cc2)ccc1OCc1ccc(C(=O)O)cc1. The van der Waals surface area contributed by atoms with Crippen LogP contribution in [0.15, 0.2) is 200 Å². The highest BCUT2D eigenvalue weighted by Gasteiger charge is 2.34. The molecule has 4 saturated carbocycles. The molecule has 13 heteroatoms. The Hall–Kier alpha value is -11.6. The maximum absolute atomic E-state index is 12.4. The van der Waals surface area contributed by atoms with Gasteiger partial charge in [-0.3, -0.25) is 0 Å². The van der Waals surface area contributed by atoms with Crippen molar-refractivity contribution >= 4 is 17.9 Å².